The normalized spacial score (nSPS) is 10.4. The molecule has 7 heteroatoms. The number of nitrogens with zero attached hydrogens (tertiary/aromatic N) is 4. The Labute approximate surface area is 119 Å². The summed E-state index contributed by atoms with van der Waals surface area (Å²) in [5, 5.41) is 7.16. The summed E-state index contributed by atoms with van der Waals surface area (Å²) in [6.07, 6.45) is 1.28. The third-order valence-electron chi connectivity index (χ3n) is 2.56. The lowest BCUT2D eigenvalue weighted by molar-refractivity contribution is 0.411. The molecule has 0 atom stereocenters. The first kappa shape index (κ1) is 12.6. The van der Waals surface area contributed by atoms with Gasteiger partial charge in [0.05, 0.1) is 6.54 Å². The summed E-state index contributed by atoms with van der Waals surface area (Å²) < 4.78 is 4.66. The molecule has 0 saturated carbocycles. The third kappa shape index (κ3) is 2.92. The summed E-state index contributed by atoms with van der Waals surface area (Å²) >= 11 is 6.02. The molecule has 0 amide bonds. The quantitative estimate of drug-likeness (QED) is 0.744. The molecule has 0 aliphatic rings. The van der Waals surface area contributed by atoms with E-state index in [0.29, 0.717) is 29.2 Å². The number of benzene rings is 1. The molecule has 0 aliphatic carbocycles. The van der Waals surface area contributed by atoms with Gasteiger partial charge < -0.3 is 9.84 Å². The Morgan fingerprint density at radius 1 is 1.15 bits per heavy atom. The number of hydrogen-bond acceptors (Lipinski definition) is 6. The van der Waals surface area contributed by atoms with E-state index in [1.54, 1.807) is 6.07 Å². The Morgan fingerprint density at radius 3 is 2.75 bits per heavy atom. The van der Waals surface area contributed by atoms with E-state index >= 15 is 0 Å². The van der Waals surface area contributed by atoms with E-state index in [0.717, 1.165) is 5.56 Å². The molecule has 1 N–H and O–H groups in total. The van der Waals surface area contributed by atoms with Crippen LogP contribution < -0.4 is 5.32 Å². The van der Waals surface area contributed by atoms with Crippen LogP contribution in [0.25, 0.3) is 11.4 Å². The van der Waals surface area contributed by atoms with Crippen molar-refractivity contribution in [2.45, 2.75) is 6.54 Å². The van der Waals surface area contributed by atoms with Gasteiger partial charge in [-0.3, -0.25) is 0 Å². The Balaban J connectivity index is 1.83. The summed E-state index contributed by atoms with van der Waals surface area (Å²) in [5.41, 5.74) is 0.901. The van der Waals surface area contributed by atoms with Crippen molar-refractivity contribution in [3.63, 3.8) is 0 Å². The summed E-state index contributed by atoms with van der Waals surface area (Å²) in [6, 6.07) is 11.3. The minimum Gasteiger partial charge on any atom is -0.362 e. The first-order chi connectivity index (χ1) is 9.81. The smallest absolute Gasteiger partial charge is 0.213 e. The summed E-state index contributed by atoms with van der Waals surface area (Å²) in [5.74, 6) is 1.71. The molecule has 100 valence electrons. The summed E-state index contributed by atoms with van der Waals surface area (Å²) in [4.78, 5) is 12.5. The zero-order valence-electron chi connectivity index (χ0n) is 10.3. The average molecular weight is 288 g/mol. The molecular formula is C13H10ClN5O. The number of nitrogens with one attached hydrogen (secondary N) is 1. The maximum atomic E-state index is 6.02. The molecule has 0 bridgehead atoms. The Bertz CT molecular complexity index is 687. The van der Waals surface area contributed by atoms with E-state index in [2.05, 4.69) is 29.9 Å². The number of aromatic nitrogens is 4. The van der Waals surface area contributed by atoms with Crippen LogP contribution in [0.4, 0.5) is 5.82 Å². The Morgan fingerprint density at radius 2 is 2.00 bits per heavy atom. The van der Waals surface area contributed by atoms with Crippen molar-refractivity contribution in [1.82, 2.24) is 20.1 Å². The van der Waals surface area contributed by atoms with Gasteiger partial charge in [0.1, 0.15) is 11.0 Å². The fourth-order valence-corrected chi connectivity index (χ4v) is 1.85. The predicted octanol–water partition coefficient (Wildman–Crippen LogP) is 2.79. The van der Waals surface area contributed by atoms with Crippen molar-refractivity contribution in [1.29, 1.82) is 0 Å². The maximum absolute atomic E-state index is 6.02. The van der Waals surface area contributed by atoms with Gasteiger partial charge >= 0.3 is 0 Å². The third-order valence-corrected chi connectivity index (χ3v) is 2.76. The minimum absolute atomic E-state index is 0.370. The first-order valence-electron chi connectivity index (χ1n) is 5.90. The topological polar surface area (TPSA) is 76.7 Å². The monoisotopic (exact) mass is 287 g/mol. The van der Waals surface area contributed by atoms with E-state index in [1.165, 1.54) is 6.39 Å². The number of rotatable bonds is 4. The van der Waals surface area contributed by atoms with Crippen molar-refractivity contribution in [3.8, 4) is 11.4 Å². The Kier molecular flexibility index (Phi) is 3.56. The van der Waals surface area contributed by atoms with Crippen LogP contribution in [0.5, 0.6) is 0 Å². The molecule has 20 heavy (non-hydrogen) atoms. The van der Waals surface area contributed by atoms with Crippen molar-refractivity contribution >= 4 is 17.4 Å². The zero-order valence-corrected chi connectivity index (χ0v) is 11.1. The molecule has 0 unspecified atom stereocenters. The molecule has 0 fully saturated rings. The molecular weight excluding hydrogens is 278 g/mol. The SMILES string of the molecule is Clc1cc(NCc2ncon2)nc(-c2ccccc2)n1. The summed E-state index contributed by atoms with van der Waals surface area (Å²) in [6.45, 7) is 0.401. The molecule has 3 aromatic rings. The average Bonchev–Trinajstić information content (AvgIpc) is 2.99. The van der Waals surface area contributed by atoms with E-state index in [1.807, 2.05) is 30.3 Å². The highest BCUT2D eigenvalue weighted by molar-refractivity contribution is 6.29. The predicted molar refractivity (Wildman–Crippen MR) is 74.1 cm³/mol. The van der Waals surface area contributed by atoms with Crippen LogP contribution in [0.2, 0.25) is 5.15 Å². The van der Waals surface area contributed by atoms with Crippen LogP contribution in [0.1, 0.15) is 5.82 Å². The molecule has 2 aromatic heterocycles. The van der Waals surface area contributed by atoms with Gasteiger partial charge in [-0.05, 0) is 0 Å². The van der Waals surface area contributed by atoms with E-state index in [-0.39, 0.29) is 0 Å². The van der Waals surface area contributed by atoms with Crippen LogP contribution in [-0.4, -0.2) is 20.1 Å². The fraction of sp³-hybridized carbons (Fsp3) is 0.0769. The van der Waals surface area contributed by atoms with Gasteiger partial charge in [0.25, 0.3) is 0 Å². The molecule has 0 radical (unpaired) electrons. The van der Waals surface area contributed by atoms with E-state index < -0.39 is 0 Å². The Hall–Kier alpha value is -2.47. The second-order valence-electron chi connectivity index (χ2n) is 3.97. The van der Waals surface area contributed by atoms with Crippen molar-refractivity contribution in [3.05, 3.63) is 53.8 Å². The molecule has 1 aromatic carbocycles. The lowest BCUT2D eigenvalue weighted by Gasteiger charge is -2.06. The fourth-order valence-electron chi connectivity index (χ4n) is 1.66. The van der Waals surface area contributed by atoms with Crippen LogP contribution in [0, 0.1) is 0 Å². The molecule has 0 saturated heterocycles. The number of halogens is 1. The van der Waals surface area contributed by atoms with E-state index in [4.69, 9.17) is 11.6 Å². The first-order valence-corrected chi connectivity index (χ1v) is 6.28. The van der Waals surface area contributed by atoms with Gasteiger partial charge in [0.2, 0.25) is 6.39 Å². The molecule has 0 aliphatic heterocycles. The van der Waals surface area contributed by atoms with Gasteiger partial charge in [-0.25, -0.2) is 9.97 Å². The van der Waals surface area contributed by atoms with Crippen LogP contribution >= 0.6 is 11.6 Å². The highest BCUT2D eigenvalue weighted by atomic mass is 35.5. The second kappa shape index (κ2) is 5.66. The van der Waals surface area contributed by atoms with Gasteiger partial charge in [0.15, 0.2) is 11.6 Å². The lowest BCUT2D eigenvalue weighted by Crippen LogP contribution is -2.04. The lowest BCUT2D eigenvalue weighted by atomic mass is 10.2. The van der Waals surface area contributed by atoms with E-state index in [9.17, 15) is 0 Å². The van der Waals surface area contributed by atoms with Crippen molar-refractivity contribution in [2.24, 2.45) is 0 Å². The largest absolute Gasteiger partial charge is 0.362 e. The standard InChI is InChI=1S/C13H10ClN5O/c14-10-6-11(15-7-12-16-8-20-19-12)18-13(17-10)9-4-2-1-3-5-9/h1-6,8H,7H2,(H,15,17,18). The van der Waals surface area contributed by atoms with Gasteiger partial charge in [-0.2, -0.15) is 4.98 Å². The highest BCUT2D eigenvalue weighted by Crippen LogP contribution is 2.20. The molecule has 6 nitrogen and oxygen atoms in total. The summed E-state index contributed by atoms with van der Waals surface area (Å²) in [7, 11) is 0. The van der Waals surface area contributed by atoms with Gasteiger partial charge in [-0.1, -0.05) is 47.1 Å². The highest BCUT2D eigenvalue weighted by Gasteiger charge is 2.06. The van der Waals surface area contributed by atoms with Crippen LogP contribution in [-0.2, 0) is 6.54 Å². The number of hydrogen-bond donors (Lipinski definition) is 1. The van der Waals surface area contributed by atoms with Crippen molar-refractivity contribution in [2.75, 3.05) is 5.32 Å². The maximum Gasteiger partial charge on any atom is 0.213 e. The van der Waals surface area contributed by atoms with Crippen LogP contribution in [0.15, 0.2) is 47.3 Å². The zero-order chi connectivity index (χ0) is 13.8. The van der Waals surface area contributed by atoms with Gasteiger partial charge in [0, 0.05) is 11.6 Å². The number of anilines is 1. The second-order valence-corrected chi connectivity index (χ2v) is 4.35. The van der Waals surface area contributed by atoms with Crippen molar-refractivity contribution < 1.29 is 4.52 Å². The van der Waals surface area contributed by atoms with Crippen LogP contribution in [0.3, 0.4) is 0 Å². The van der Waals surface area contributed by atoms with Gasteiger partial charge in [-0.15, -0.1) is 0 Å². The molecule has 0 spiro atoms. The molecule has 2 heterocycles. The minimum atomic E-state index is 0.370. The molecule has 3 rings (SSSR count).